The van der Waals surface area contributed by atoms with Crippen LogP contribution in [0.5, 0.6) is 11.5 Å². The van der Waals surface area contributed by atoms with E-state index in [-0.39, 0.29) is 5.92 Å². The normalized spacial score (nSPS) is 11.8. The fraction of sp³-hybridized carbons (Fsp3) is 0.500. The molecule has 0 amide bonds. The average molecular weight is 429 g/mol. The number of methoxy groups -OCH3 is 1. The van der Waals surface area contributed by atoms with Gasteiger partial charge in [-0.1, -0.05) is 62.6 Å². The topological polar surface area (TPSA) is 65.0 Å². The number of ether oxygens (including phenoxy) is 3. The maximum atomic E-state index is 10.9. The molecule has 0 aromatic heterocycles. The summed E-state index contributed by atoms with van der Waals surface area (Å²) in [4.78, 5) is 10.9. The zero-order valence-electron chi connectivity index (χ0n) is 18.8. The van der Waals surface area contributed by atoms with Gasteiger partial charge in [0.25, 0.3) is 0 Å². The van der Waals surface area contributed by atoms with Gasteiger partial charge in [0.2, 0.25) is 0 Å². The zero-order chi connectivity index (χ0) is 22.3. The molecule has 0 heterocycles. The molecule has 0 spiro atoms. The maximum Gasteiger partial charge on any atom is 0.306 e. The van der Waals surface area contributed by atoms with Crippen molar-refractivity contribution in [1.82, 2.24) is 0 Å². The Morgan fingerprint density at radius 1 is 0.871 bits per heavy atom. The van der Waals surface area contributed by atoms with Gasteiger partial charge in [0.1, 0.15) is 6.61 Å². The molecule has 5 nitrogen and oxygen atoms in total. The number of carbonyl (C=O) groups is 1. The molecule has 1 N–H and O–H groups in total. The Labute approximate surface area is 186 Å². The van der Waals surface area contributed by atoms with Crippen LogP contribution in [0, 0.1) is 5.92 Å². The fourth-order valence-corrected chi connectivity index (χ4v) is 3.32. The van der Waals surface area contributed by atoms with Crippen LogP contribution in [0.2, 0.25) is 0 Å². The largest absolute Gasteiger partial charge is 0.490 e. The van der Waals surface area contributed by atoms with E-state index in [0.29, 0.717) is 19.8 Å². The summed E-state index contributed by atoms with van der Waals surface area (Å²) in [6.45, 7) is 3.53. The smallest absolute Gasteiger partial charge is 0.306 e. The second-order valence-electron chi connectivity index (χ2n) is 7.94. The van der Waals surface area contributed by atoms with Gasteiger partial charge < -0.3 is 19.3 Å². The minimum Gasteiger partial charge on any atom is -0.490 e. The van der Waals surface area contributed by atoms with E-state index in [2.05, 4.69) is 12.1 Å². The Hall–Kier alpha value is -2.53. The van der Waals surface area contributed by atoms with Crippen LogP contribution >= 0.6 is 0 Å². The van der Waals surface area contributed by atoms with Crippen LogP contribution < -0.4 is 9.47 Å². The molecule has 1 unspecified atom stereocenters. The molecule has 170 valence electrons. The predicted molar refractivity (Wildman–Crippen MR) is 123 cm³/mol. The first-order chi connectivity index (χ1) is 15.1. The van der Waals surface area contributed by atoms with Crippen molar-refractivity contribution >= 4 is 5.97 Å². The summed E-state index contributed by atoms with van der Waals surface area (Å²) >= 11 is 0. The second kappa shape index (κ2) is 14.5. The number of hydrogen-bond donors (Lipinski definition) is 1. The first-order valence-electron chi connectivity index (χ1n) is 11.2. The van der Waals surface area contributed by atoms with E-state index in [0.717, 1.165) is 62.0 Å². The molecule has 0 bridgehead atoms. The molecule has 0 saturated heterocycles. The van der Waals surface area contributed by atoms with Crippen LogP contribution in [0.15, 0.2) is 48.5 Å². The molecule has 0 aliphatic carbocycles. The minimum absolute atomic E-state index is 0.249. The molecule has 2 rings (SSSR count). The van der Waals surface area contributed by atoms with E-state index in [9.17, 15) is 4.79 Å². The standard InChI is InChI=1S/C26H36O5/c1-21(26(27)28)11-6-3-4-7-12-22-15-16-24(25(19-22)30-18-10-17-29-2)31-20-23-13-8-5-9-14-23/h5,8-9,13-16,19,21H,3-4,6-7,10-12,17-18,20H2,1-2H3,(H,27,28). The number of carboxylic acids is 1. The average Bonchev–Trinajstić information content (AvgIpc) is 2.78. The number of unbranched alkanes of at least 4 members (excludes halogenated alkanes) is 3. The van der Waals surface area contributed by atoms with Crippen molar-refractivity contribution in [2.24, 2.45) is 5.92 Å². The minimum atomic E-state index is -0.701. The molecule has 5 heteroatoms. The highest BCUT2D eigenvalue weighted by atomic mass is 16.5. The lowest BCUT2D eigenvalue weighted by Crippen LogP contribution is -2.08. The van der Waals surface area contributed by atoms with Gasteiger partial charge in [-0.2, -0.15) is 0 Å². The van der Waals surface area contributed by atoms with Crippen LogP contribution in [0.1, 0.15) is 56.6 Å². The van der Waals surface area contributed by atoms with Crippen LogP contribution in [0.25, 0.3) is 0 Å². The third kappa shape index (κ3) is 9.88. The van der Waals surface area contributed by atoms with Crippen LogP contribution in [-0.2, 0) is 22.6 Å². The lowest BCUT2D eigenvalue weighted by atomic mass is 10.0. The van der Waals surface area contributed by atoms with Gasteiger partial charge >= 0.3 is 5.97 Å². The van der Waals surface area contributed by atoms with E-state index in [4.69, 9.17) is 19.3 Å². The van der Waals surface area contributed by atoms with E-state index >= 15 is 0 Å². The molecule has 0 aliphatic heterocycles. The lowest BCUT2D eigenvalue weighted by molar-refractivity contribution is -0.141. The Balaban J connectivity index is 1.85. The number of hydrogen-bond acceptors (Lipinski definition) is 4. The molecule has 1 atom stereocenters. The summed E-state index contributed by atoms with van der Waals surface area (Å²) < 4.78 is 17.1. The number of aliphatic carboxylic acids is 1. The summed E-state index contributed by atoms with van der Waals surface area (Å²) in [7, 11) is 1.69. The van der Waals surface area contributed by atoms with Gasteiger partial charge in [0, 0.05) is 20.1 Å². The van der Waals surface area contributed by atoms with Crippen molar-refractivity contribution < 1.29 is 24.1 Å². The first-order valence-corrected chi connectivity index (χ1v) is 11.2. The summed E-state index contributed by atoms with van der Waals surface area (Å²) in [6.07, 6.45) is 6.76. The summed E-state index contributed by atoms with van der Waals surface area (Å²) in [5.41, 5.74) is 2.35. The highest BCUT2D eigenvalue weighted by Gasteiger charge is 2.10. The molecule has 2 aromatic carbocycles. The third-order valence-electron chi connectivity index (χ3n) is 5.27. The van der Waals surface area contributed by atoms with Crippen molar-refractivity contribution in [2.75, 3.05) is 20.3 Å². The van der Waals surface area contributed by atoms with Crippen molar-refractivity contribution in [1.29, 1.82) is 0 Å². The zero-order valence-corrected chi connectivity index (χ0v) is 18.8. The van der Waals surface area contributed by atoms with E-state index in [1.54, 1.807) is 14.0 Å². The van der Waals surface area contributed by atoms with Crippen LogP contribution in [-0.4, -0.2) is 31.4 Å². The highest BCUT2D eigenvalue weighted by Crippen LogP contribution is 2.30. The summed E-state index contributed by atoms with van der Waals surface area (Å²) in [6, 6.07) is 16.3. The number of aryl methyl sites for hydroxylation is 1. The van der Waals surface area contributed by atoms with Crippen molar-refractivity contribution in [3.63, 3.8) is 0 Å². The quantitative estimate of drug-likeness (QED) is 0.338. The van der Waals surface area contributed by atoms with Crippen molar-refractivity contribution in [3.8, 4) is 11.5 Å². The van der Waals surface area contributed by atoms with Crippen LogP contribution in [0.4, 0.5) is 0 Å². The Morgan fingerprint density at radius 3 is 2.39 bits per heavy atom. The monoisotopic (exact) mass is 428 g/mol. The van der Waals surface area contributed by atoms with E-state index in [1.165, 1.54) is 5.56 Å². The van der Waals surface area contributed by atoms with Crippen molar-refractivity contribution in [3.05, 3.63) is 59.7 Å². The summed E-state index contributed by atoms with van der Waals surface area (Å²) in [5.74, 6) is 0.585. The molecule has 2 aromatic rings. The molecular weight excluding hydrogens is 392 g/mol. The third-order valence-corrected chi connectivity index (χ3v) is 5.27. The van der Waals surface area contributed by atoms with E-state index in [1.807, 2.05) is 36.4 Å². The van der Waals surface area contributed by atoms with Crippen molar-refractivity contribution in [2.45, 2.75) is 58.5 Å². The molecule has 0 radical (unpaired) electrons. The Bertz CT molecular complexity index is 760. The molecule has 0 saturated carbocycles. The molecule has 31 heavy (non-hydrogen) atoms. The lowest BCUT2D eigenvalue weighted by Gasteiger charge is -2.14. The molecule has 0 aliphatic rings. The Kier molecular flexibility index (Phi) is 11.5. The van der Waals surface area contributed by atoms with Gasteiger partial charge in [-0.25, -0.2) is 0 Å². The van der Waals surface area contributed by atoms with Gasteiger partial charge in [-0.3, -0.25) is 4.79 Å². The second-order valence-corrected chi connectivity index (χ2v) is 7.94. The SMILES string of the molecule is COCCCOc1cc(CCCCCCC(C)C(=O)O)ccc1OCc1ccccc1. The first kappa shape index (κ1) is 24.7. The number of benzene rings is 2. The highest BCUT2D eigenvalue weighted by molar-refractivity contribution is 5.69. The predicted octanol–water partition coefficient (Wildman–Crippen LogP) is 5.89. The fourth-order valence-electron chi connectivity index (χ4n) is 3.32. The van der Waals surface area contributed by atoms with E-state index < -0.39 is 5.97 Å². The number of rotatable bonds is 16. The van der Waals surface area contributed by atoms with Gasteiger partial charge in [0.05, 0.1) is 12.5 Å². The number of carboxylic acid groups (broad SMARTS) is 1. The Morgan fingerprint density at radius 2 is 1.65 bits per heavy atom. The maximum absolute atomic E-state index is 10.9. The summed E-state index contributed by atoms with van der Waals surface area (Å²) in [5, 5.41) is 8.95. The molecule has 0 fully saturated rings. The van der Waals surface area contributed by atoms with Gasteiger partial charge in [-0.15, -0.1) is 0 Å². The van der Waals surface area contributed by atoms with Gasteiger partial charge in [-0.05, 0) is 42.5 Å². The van der Waals surface area contributed by atoms with Crippen LogP contribution in [0.3, 0.4) is 0 Å². The molecular formula is C26H36O5. The van der Waals surface area contributed by atoms with Gasteiger partial charge in [0.15, 0.2) is 11.5 Å².